The molecule has 1 fully saturated rings. The Bertz CT molecular complexity index is 679. The van der Waals surface area contributed by atoms with Crippen LogP contribution < -0.4 is 10.5 Å². The van der Waals surface area contributed by atoms with Gasteiger partial charge in [-0.1, -0.05) is 0 Å². The number of amides is 2. The van der Waals surface area contributed by atoms with E-state index in [9.17, 15) is 18.0 Å². The van der Waals surface area contributed by atoms with Crippen molar-refractivity contribution in [2.75, 3.05) is 32.8 Å². The molecule has 0 radical (unpaired) electrons. The molecule has 2 rings (SSSR count). The molecule has 8 nitrogen and oxygen atoms in total. The van der Waals surface area contributed by atoms with Crippen LogP contribution in [0.4, 0.5) is 0 Å². The minimum absolute atomic E-state index is 0.0574. The van der Waals surface area contributed by atoms with E-state index in [4.69, 9.17) is 10.5 Å². The Hall–Kier alpha value is -2.13. The molecule has 0 spiro atoms. The molecule has 0 atom stereocenters. The second kappa shape index (κ2) is 6.97. The molecular weight excluding hydrogens is 322 g/mol. The van der Waals surface area contributed by atoms with Crippen LogP contribution in [0.25, 0.3) is 0 Å². The van der Waals surface area contributed by atoms with Gasteiger partial charge in [0.15, 0.2) is 6.61 Å². The summed E-state index contributed by atoms with van der Waals surface area (Å²) < 4.78 is 31.5. The second-order valence-corrected chi connectivity index (χ2v) is 7.07. The predicted molar refractivity (Wildman–Crippen MR) is 82.1 cm³/mol. The highest BCUT2D eigenvalue weighted by atomic mass is 32.2. The molecule has 1 aromatic rings. The zero-order valence-corrected chi connectivity index (χ0v) is 13.6. The summed E-state index contributed by atoms with van der Waals surface area (Å²) in [7, 11) is -3.61. The highest BCUT2D eigenvalue weighted by Gasteiger charge is 2.29. The number of sulfonamides is 1. The number of primary amides is 1. The fraction of sp³-hybridized carbons (Fsp3) is 0.429. The number of hydrogen-bond donors (Lipinski definition) is 1. The van der Waals surface area contributed by atoms with E-state index in [1.165, 1.54) is 35.5 Å². The average Bonchev–Trinajstić information content (AvgIpc) is 2.53. The van der Waals surface area contributed by atoms with Crippen LogP contribution >= 0.6 is 0 Å². The number of hydrogen-bond acceptors (Lipinski definition) is 5. The maximum atomic E-state index is 12.5. The molecule has 0 bridgehead atoms. The van der Waals surface area contributed by atoms with E-state index in [0.717, 1.165) is 0 Å². The molecule has 0 aliphatic carbocycles. The van der Waals surface area contributed by atoms with Crippen molar-refractivity contribution in [2.45, 2.75) is 11.8 Å². The van der Waals surface area contributed by atoms with Gasteiger partial charge < -0.3 is 15.4 Å². The van der Waals surface area contributed by atoms with Gasteiger partial charge in [-0.3, -0.25) is 9.59 Å². The normalized spacial score (nSPS) is 16.1. The lowest BCUT2D eigenvalue weighted by Gasteiger charge is -2.33. The Balaban J connectivity index is 2.05. The van der Waals surface area contributed by atoms with Crippen molar-refractivity contribution in [3.63, 3.8) is 0 Å². The molecule has 2 amide bonds. The smallest absolute Gasteiger partial charge is 0.255 e. The zero-order chi connectivity index (χ0) is 17.0. The maximum Gasteiger partial charge on any atom is 0.255 e. The van der Waals surface area contributed by atoms with Crippen LogP contribution in [-0.2, 0) is 19.6 Å². The standard InChI is InChI=1S/C14H19N3O5S/c1-11(18)16-6-8-17(9-7-16)23(20,21)13-4-2-12(3-5-13)22-10-14(15)19/h2-5H,6-10H2,1H3,(H2,15,19). The number of benzene rings is 1. The van der Waals surface area contributed by atoms with Gasteiger partial charge >= 0.3 is 0 Å². The van der Waals surface area contributed by atoms with Gasteiger partial charge in [-0.15, -0.1) is 0 Å². The SMILES string of the molecule is CC(=O)N1CCN(S(=O)(=O)c2ccc(OCC(N)=O)cc2)CC1. The third kappa shape index (κ3) is 4.20. The third-order valence-electron chi connectivity index (χ3n) is 3.53. The molecule has 0 unspecified atom stereocenters. The number of rotatable bonds is 5. The molecular formula is C14H19N3O5S. The Morgan fingerprint density at radius 1 is 1.13 bits per heavy atom. The van der Waals surface area contributed by atoms with Crippen molar-refractivity contribution < 1.29 is 22.7 Å². The lowest BCUT2D eigenvalue weighted by molar-refractivity contribution is -0.130. The molecule has 23 heavy (non-hydrogen) atoms. The van der Waals surface area contributed by atoms with Crippen LogP contribution in [0.2, 0.25) is 0 Å². The predicted octanol–water partition coefficient (Wildman–Crippen LogP) is -0.596. The topological polar surface area (TPSA) is 110 Å². The Morgan fingerprint density at radius 2 is 1.70 bits per heavy atom. The van der Waals surface area contributed by atoms with Crippen LogP contribution in [0.1, 0.15) is 6.92 Å². The first-order valence-corrected chi connectivity index (χ1v) is 8.51. The summed E-state index contributed by atoms with van der Waals surface area (Å²) in [5, 5.41) is 0. The Labute approximate surface area is 134 Å². The number of carbonyl (C=O) groups excluding carboxylic acids is 2. The highest BCUT2D eigenvalue weighted by Crippen LogP contribution is 2.20. The number of ether oxygens (including phenoxy) is 1. The van der Waals surface area contributed by atoms with Crippen LogP contribution in [0, 0.1) is 0 Å². The number of piperazine rings is 1. The maximum absolute atomic E-state index is 12.5. The van der Waals surface area contributed by atoms with E-state index < -0.39 is 15.9 Å². The number of nitrogens with zero attached hydrogens (tertiary/aromatic N) is 2. The lowest BCUT2D eigenvalue weighted by atomic mass is 10.3. The van der Waals surface area contributed by atoms with Gasteiger partial charge in [0.1, 0.15) is 5.75 Å². The lowest BCUT2D eigenvalue weighted by Crippen LogP contribution is -2.49. The van der Waals surface area contributed by atoms with Gasteiger partial charge in [0.2, 0.25) is 15.9 Å². The first-order chi connectivity index (χ1) is 10.8. The molecule has 1 aliphatic heterocycles. The zero-order valence-electron chi connectivity index (χ0n) is 12.8. The van der Waals surface area contributed by atoms with E-state index in [2.05, 4.69) is 0 Å². The first-order valence-electron chi connectivity index (χ1n) is 7.07. The quantitative estimate of drug-likeness (QED) is 0.769. The minimum atomic E-state index is -3.61. The summed E-state index contributed by atoms with van der Waals surface area (Å²) >= 11 is 0. The van der Waals surface area contributed by atoms with Crippen LogP contribution in [0.15, 0.2) is 29.2 Å². The molecule has 1 aromatic carbocycles. The summed E-state index contributed by atoms with van der Waals surface area (Å²) in [6, 6.07) is 5.79. The molecule has 1 heterocycles. The van der Waals surface area contributed by atoms with Crippen LogP contribution in [0.5, 0.6) is 5.75 Å². The Kier molecular flexibility index (Phi) is 5.22. The van der Waals surface area contributed by atoms with Gasteiger partial charge in [0, 0.05) is 33.1 Å². The van der Waals surface area contributed by atoms with Crippen molar-refractivity contribution in [3.05, 3.63) is 24.3 Å². The second-order valence-electron chi connectivity index (χ2n) is 5.14. The van der Waals surface area contributed by atoms with Crippen molar-refractivity contribution in [2.24, 2.45) is 5.73 Å². The van der Waals surface area contributed by atoms with Gasteiger partial charge in [-0.2, -0.15) is 4.31 Å². The fourth-order valence-electron chi connectivity index (χ4n) is 2.25. The van der Waals surface area contributed by atoms with Crippen LogP contribution in [0.3, 0.4) is 0 Å². The first kappa shape index (κ1) is 17.2. The summed E-state index contributed by atoms with van der Waals surface area (Å²) in [4.78, 5) is 23.7. The minimum Gasteiger partial charge on any atom is -0.484 e. The van der Waals surface area contributed by atoms with E-state index in [-0.39, 0.29) is 30.5 Å². The molecule has 0 saturated carbocycles. The molecule has 0 aromatic heterocycles. The molecule has 1 saturated heterocycles. The fourth-order valence-corrected chi connectivity index (χ4v) is 3.68. The molecule has 1 aliphatic rings. The highest BCUT2D eigenvalue weighted by molar-refractivity contribution is 7.89. The summed E-state index contributed by atoms with van der Waals surface area (Å²) in [6.07, 6.45) is 0. The summed E-state index contributed by atoms with van der Waals surface area (Å²) in [6.45, 7) is 2.50. The number of nitrogens with two attached hydrogens (primary N) is 1. The van der Waals surface area contributed by atoms with E-state index in [1.807, 2.05) is 0 Å². The van der Waals surface area contributed by atoms with Gasteiger partial charge in [0.05, 0.1) is 4.90 Å². The average molecular weight is 341 g/mol. The van der Waals surface area contributed by atoms with Crippen molar-refractivity contribution >= 4 is 21.8 Å². The Morgan fingerprint density at radius 3 is 2.17 bits per heavy atom. The van der Waals surface area contributed by atoms with Gasteiger partial charge in [-0.25, -0.2) is 8.42 Å². The van der Waals surface area contributed by atoms with Gasteiger partial charge in [0.25, 0.3) is 5.91 Å². The van der Waals surface area contributed by atoms with Gasteiger partial charge in [-0.05, 0) is 24.3 Å². The third-order valence-corrected chi connectivity index (χ3v) is 5.44. The van der Waals surface area contributed by atoms with Crippen LogP contribution in [-0.4, -0.2) is 62.2 Å². The molecule has 2 N–H and O–H groups in total. The molecule has 126 valence electrons. The van der Waals surface area contributed by atoms with E-state index in [0.29, 0.717) is 18.8 Å². The monoisotopic (exact) mass is 341 g/mol. The van der Waals surface area contributed by atoms with Crippen molar-refractivity contribution in [3.8, 4) is 5.75 Å². The van der Waals surface area contributed by atoms with Crippen molar-refractivity contribution in [1.82, 2.24) is 9.21 Å². The summed E-state index contributed by atoms with van der Waals surface area (Å²) in [5.74, 6) is -0.299. The number of carbonyl (C=O) groups is 2. The van der Waals surface area contributed by atoms with Crippen molar-refractivity contribution in [1.29, 1.82) is 0 Å². The van der Waals surface area contributed by atoms with E-state index >= 15 is 0 Å². The largest absolute Gasteiger partial charge is 0.484 e. The summed E-state index contributed by atoms with van der Waals surface area (Å²) in [5.41, 5.74) is 4.97. The van der Waals surface area contributed by atoms with E-state index in [1.54, 1.807) is 4.90 Å². The molecule has 9 heteroatoms.